The minimum atomic E-state index is 0.196. The van der Waals surface area contributed by atoms with Crippen LogP contribution in [0.1, 0.15) is 29.1 Å². The van der Waals surface area contributed by atoms with Crippen LogP contribution >= 0.6 is 11.3 Å². The Kier molecular flexibility index (Phi) is 3.63. The Morgan fingerprint density at radius 3 is 2.77 bits per heavy atom. The predicted octanol–water partition coefficient (Wildman–Crippen LogP) is 2.24. The third kappa shape index (κ3) is 2.94. The summed E-state index contributed by atoms with van der Waals surface area (Å²) in [6, 6.07) is 2.34. The van der Waals surface area contributed by atoms with Crippen molar-refractivity contribution in [3.63, 3.8) is 0 Å². The molecule has 2 nitrogen and oxygen atoms in total. The lowest BCUT2D eigenvalue weighted by atomic mass is 10.2. The van der Waals surface area contributed by atoms with Gasteiger partial charge in [-0.1, -0.05) is 13.8 Å². The molecule has 0 saturated heterocycles. The SMILES string of the molecule is Cc1ccsc1C(=O)CNC(C)C. The average molecular weight is 197 g/mol. The van der Waals surface area contributed by atoms with Crippen LogP contribution in [0.3, 0.4) is 0 Å². The second-order valence-electron chi connectivity index (χ2n) is 3.39. The molecule has 0 aliphatic heterocycles. The molecule has 3 heteroatoms. The minimum absolute atomic E-state index is 0.196. The molecule has 0 aromatic carbocycles. The van der Waals surface area contributed by atoms with Crippen molar-refractivity contribution >= 4 is 17.1 Å². The average Bonchev–Trinajstić information content (AvgIpc) is 2.47. The fraction of sp³-hybridized carbons (Fsp3) is 0.500. The van der Waals surface area contributed by atoms with Gasteiger partial charge >= 0.3 is 0 Å². The molecular formula is C10H15NOS. The molecule has 1 aromatic heterocycles. The summed E-state index contributed by atoms with van der Waals surface area (Å²) in [6.45, 7) is 6.49. The van der Waals surface area contributed by atoms with Crippen molar-refractivity contribution in [2.75, 3.05) is 6.54 Å². The highest BCUT2D eigenvalue weighted by Crippen LogP contribution is 2.15. The summed E-state index contributed by atoms with van der Waals surface area (Å²) >= 11 is 1.52. The third-order valence-corrected chi connectivity index (χ3v) is 2.84. The molecule has 0 aliphatic carbocycles. The van der Waals surface area contributed by atoms with Gasteiger partial charge in [-0.05, 0) is 23.9 Å². The summed E-state index contributed by atoms with van der Waals surface area (Å²) in [6.07, 6.45) is 0. The van der Waals surface area contributed by atoms with Gasteiger partial charge in [0.25, 0.3) is 0 Å². The van der Waals surface area contributed by atoms with Crippen molar-refractivity contribution in [2.24, 2.45) is 0 Å². The van der Waals surface area contributed by atoms with Crippen LogP contribution in [0, 0.1) is 6.92 Å². The van der Waals surface area contributed by atoms with Gasteiger partial charge in [0.05, 0.1) is 11.4 Å². The first kappa shape index (κ1) is 10.4. The fourth-order valence-corrected chi connectivity index (χ4v) is 1.90. The van der Waals surface area contributed by atoms with Crippen LogP contribution < -0.4 is 5.32 Å². The molecule has 0 spiro atoms. The van der Waals surface area contributed by atoms with Crippen LogP contribution in [-0.2, 0) is 0 Å². The van der Waals surface area contributed by atoms with Crippen molar-refractivity contribution in [3.8, 4) is 0 Å². The van der Waals surface area contributed by atoms with Gasteiger partial charge in [-0.3, -0.25) is 4.79 Å². The summed E-state index contributed by atoms with van der Waals surface area (Å²) in [4.78, 5) is 12.5. The lowest BCUT2D eigenvalue weighted by Crippen LogP contribution is -2.29. The molecule has 0 radical (unpaired) electrons. The molecule has 13 heavy (non-hydrogen) atoms. The quantitative estimate of drug-likeness (QED) is 0.750. The Labute approximate surface area is 83.0 Å². The smallest absolute Gasteiger partial charge is 0.186 e. The zero-order valence-electron chi connectivity index (χ0n) is 8.26. The zero-order valence-corrected chi connectivity index (χ0v) is 9.07. The van der Waals surface area contributed by atoms with Gasteiger partial charge in [0, 0.05) is 6.04 Å². The van der Waals surface area contributed by atoms with E-state index < -0.39 is 0 Å². The molecule has 0 fully saturated rings. The maximum absolute atomic E-state index is 11.6. The van der Waals surface area contributed by atoms with Crippen molar-refractivity contribution in [3.05, 3.63) is 21.9 Å². The number of aryl methyl sites for hydroxylation is 1. The summed E-state index contributed by atoms with van der Waals surface area (Å²) in [5.74, 6) is 0.196. The topological polar surface area (TPSA) is 29.1 Å². The number of nitrogens with one attached hydrogen (secondary N) is 1. The van der Waals surface area contributed by atoms with Crippen molar-refractivity contribution in [2.45, 2.75) is 26.8 Å². The second-order valence-corrected chi connectivity index (χ2v) is 4.31. The number of Topliss-reactive ketones (excluding diaryl/α,β-unsaturated/α-hetero) is 1. The fourth-order valence-electron chi connectivity index (χ4n) is 1.04. The Bertz CT molecular complexity index is 291. The first-order chi connectivity index (χ1) is 6.11. The molecule has 0 saturated carbocycles. The highest BCUT2D eigenvalue weighted by molar-refractivity contribution is 7.12. The highest BCUT2D eigenvalue weighted by atomic mass is 32.1. The van der Waals surface area contributed by atoms with Gasteiger partial charge in [0.15, 0.2) is 5.78 Å². The van der Waals surface area contributed by atoms with Crippen molar-refractivity contribution in [1.82, 2.24) is 5.32 Å². The van der Waals surface area contributed by atoms with Crippen LogP contribution in [0.5, 0.6) is 0 Å². The van der Waals surface area contributed by atoms with E-state index in [0.29, 0.717) is 12.6 Å². The van der Waals surface area contributed by atoms with Gasteiger partial charge in [0.2, 0.25) is 0 Å². The monoisotopic (exact) mass is 197 g/mol. The van der Waals surface area contributed by atoms with Crippen molar-refractivity contribution in [1.29, 1.82) is 0 Å². The summed E-state index contributed by atoms with van der Waals surface area (Å²) in [5.41, 5.74) is 1.08. The molecule has 1 heterocycles. The second kappa shape index (κ2) is 4.53. The van der Waals surface area contributed by atoms with E-state index in [1.54, 1.807) is 0 Å². The standard InChI is InChI=1S/C10H15NOS/c1-7(2)11-6-9(12)10-8(3)4-5-13-10/h4-5,7,11H,6H2,1-3H3. The van der Waals surface area contributed by atoms with E-state index >= 15 is 0 Å². The summed E-state index contributed by atoms with van der Waals surface area (Å²) in [5, 5.41) is 5.07. The van der Waals surface area contributed by atoms with Gasteiger partial charge in [0.1, 0.15) is 0 Å². The summed E-state index contributed by atoms with van der Waals surface area (Å²) < 4.78 is 0. The van der Waals surface area contributed by atoms with E-state index in [4.69, 9.17) is 0 Å². The highest BCUT2D eigenvalue weighted by Gasteiger charge is 2.09. The lowest BCUT2D eigenvalue weighted by molar-refractivity contribution is 0.0992. The number of thiophene rings is 1. The first-order valence-corrected chi connectivity index (χ1v) is 5.30. The summed E-state index contributed by atoms with van der Waals surface area (Å²) in [7, 11) is 0. The van der Waals surface area contributed by atoms with Crippen LogP contribution in [0.2, 0.25) is 0 Å². The Balaban J connectivity index is 2.54. The van der Waals surface area contributed by atoms with E-state index in [1.807, 2.05) is 32.2 Å². The normalized spacial score (nSPS) is 10.8. The first-order valence-electron chi connectivity index (χ1n) is 4.42. The maximum atomic E-state index is 11.6. The zero-order chi connectivity index (χ0) is 9.84. The maximum Gasteiger partial charge on any atom is 0.186 e. The minimum Gasteiger partial charge on any atom is -0.307 e. The van der Waals surface area contributed by atoms with Gasteiger partial charge < -0.3 is 5.32 Å². The van der Waals surface area contributed by atoms with E-state index in [9.17, 15) is 4.79 Å². The molecule has 0 amide bonds. The molecule has 1 N–H and O–H groups in total. The van der Waals surface area contributed by atoms with Crippen LogP contribution in [0.15, 0.2) is 11.4 Å². The molecule has 0 aliphatic rings. The molecule has 1 aromatic rings. The number of hydrogen-bond acceptors (Lipinski definition) is 3. The largest absolute Gasteiger partial charge is 0.307 e. The van der Waals surface area contributed by atoms with E-state index in [2.05, 4.69) is 5.32 Å². The number of carbonyl (C=O) groups is 1. The van der Waals surface area contributed by atoms with Crippen LogP contribution in [0.4, 0.5) is 0 Å². The van der Waals surface area contributed by atoms with Gasteiger partial charge in [-0.15, -0.1) is 11.3 Å². The molecule has 0 bridgehead atoms. The third-order valence-electron chi connectivity index (χ3n) is 1.79. The van der Waals surface area contributed by atoms with Crippen LogP contribution in [0.25, 0.3) is 0 Å². The number of hydrogen-bond donors (Lipinski definition) is 1. The van der Waals surface area contributed by atoms with E-state index in [-0.39, 0.29) is 5.78 Å². The molecule has 1 rings (SSSR count). The predicted molar refractivity (Wildman–Crippen MR) is 56.5 cm³/mol. The Morgan fingerprint density at radius 2 is 2.31 bits per heavy atom. The van der Waals surface area contributed by atoms with Crippen molar-refractivity contribution < 1.29 is 4.79 Å². The van der Waals surface area contributed by atoms with Gasteiger partial charge in [-0.2, -0.15) is 0 Å². The molecule has 72 valence electrons. The Morgan fingerprint density at radius 1 is 1.62 bits per heavy atom. The molecular weight excluding hydrogens is 182 g/mol. The lowest BCUT2D eigenvalue weighted by Gasteiger charge is -2.06. The van der Waals surface area contributed by atoms with Gasteiger partial charge in [-0.25, -0.2) is 0 Å². The van der Waals surface area contributed by atoms with E-state index in [0.717, 1.165) is 10.4 Å². The number of ketones is 1. The number of rotatable bonds is 4. The number of carbonyl (C=O) groups excluding carboxylic acids is 1. The molecule has 0 unspecified atom stereocenters. The van der Waals surface area contributed by atoms with E-state index in [1.165, 1.54) is 11.3 Å². The van der Waals surface area contributed by atoms with Crippen LogP contribution in [-0.4, -0.2) is 18.4 Å². The molecule has 0 atom stereocenters. The Hall–Kier alpha value is -0.670.